The van der Waals surface area contributed by atoms with E-state index < -0.39 is 0 Å². The van der Waals surface area contributed by atoms with E-state index in [0.717, 1.165) is 28.2 Å². The van der Waals surface area contributed by atoms with Gasteiger partial charge in [0.15, 0.2) is 0 Å². The Morgan fingerprint density at radius 3 is 2.38 bits per heavy atom. The Labute approximate surface area is 188 Å². The topological polar surface area (TPSA) is 72.6 Å². The molecule has 8 nitrogen and oxygen atoms in total. The van der Waals surface area contributed by atoms with E-state index >= 15 is 0 Å². The fraction of sp³-hybridized carbons (Fsp3) is 0.375. The molecule has 0 atom stereocenters. The molecule has 0 bridgehead atoms. The van der Waals surface area contributed by atoms with Crippen LogP contribution in [0.25, 0.3) is 17.1 Å². The van der Waals surface area contributed by atoms with Gasteiger partial charge in [0, 0.05) is 39.4 Å². The van der Waals surface area contributed by atoms with Gasteiger partial charge in [-0.3, -0.25) is 4.79 Å². The normalized spacial score (nSPS) is 14.0. The van der Waals surface area contributed by atoms with E-state index in [4.69, 9.17) is 9.84 Å². The standard InChI is InChI=1S/C24H29N5O3/c1-5-32-24(31)28-13-11-27(12-14-28)23(30)22-16-19(21-7-6-10-26(21)4)25-29(22)20-9-8-17(2)15-18(20)3/h6-10,15-16H,5,11-14H2,1-4H3. The van der Waals surface area contributed by atoms with Crippen molar-refractivity contribution in [3.8, 4) is 17.1 Å². The van der Waals surface area contributed by atoms with Crippen molar-refractivity contribution in [1.82, 2.24) is 24.1 Å². The first-order valence-corrected chi connectivity index (χ1v) is 10.9. The number of nitrogens with zero attached hydrogens (tertiary/aromatic N) is 5. The predicted octanol–water partition coefficient (Wildman–Crippen LogP) is 3.41. The minimum atomic E-state index is -0.328. The van der Waals surface area contributed by atoms with Crippen molar-refractivity contribution in [1.29, 1.82) is 0 Å². The molecule has 0 spiro atoms. The maximum absolute atomic E-state index is 13.6. The van der Waals surface area contributed by atoms with Gasteiger partial charge in [-0.15, -0.1) is 0 Å². The Bertz CT molecular complexity index is 1140. The van der Waals surface area contributed by atoms with Gasteiger partial charge in [-0.2, -0.15) is 5.10 Å². The van der Waals surface area contributed by atoms with Gasteiger partial charge in [-0.05, 0) is 50.6 Å². The maximum atomic E-state index is 13.6. The summed E-state index contributed by atoms with van der Waals surface area (Å²) in [6.07, 6.45) is 1.63. The van der Waals surface area contributed by atoms with Gasteiger partial charge in [-0.1, -0.05) is 17.7 Å². The molecule has 3 heterocycles. The van der Waals surface area contributed by atoms with Crippen LogP contribution in [-0.4, -0.2) is 68.9 Å². The highest BCUT2D eigenvalue weighted by Crippen LogP contribution is 2.25. The van der Waals surface area contributed by atoms with Gasteiger partial charge < -0.3 is 19.1 Å². The molecule has 8 heteroatoms. The van der Waals surface area contributed by atoms with Crippen LogP contribution in [0.4, 0.5) is 4.79 Å². The lowest BCUT2D eigenvalue weighted by Gasteiger charge is -2.34. The number of benzene rings is 1. The number of hydrogen-bond donors (Lipinski definition) is 0. The van der Waals surface area contributed by atoms with Crippen LogP contribution >= 0.6 is 0 Å². The van der Waals surface area contributed by atoms with Crippen LogP contribution in [0.2, 0.25) is 0 Å². The zero-order valence-electron chi connectivity index (χ0n) is 19.0. The van der Waals surface area contributed by atoms with Gasteiger partial charge in [0.05, 0.1) is 18.0 Å². The summed E-state index contributed by atoms with van der Waals surface area (Å²) in [6.45, 7) is 8.01. The molecule has 168 valence electrons. The molecule has 1 fully saturated rings. The summed E-state index contributed by atoms with van der Waals surface area (Å²) in [5, 5.41) is 4.82. The maximum Gasteiger partial charge on any atom is 0.409 e. The lowest BCUT2D eigenvalue weighted by Crippen LogP contribution is -2.51. The molecule has 3 aromatic rings. The molecule has 32 heavy (non-hydrogen) atoms. The van der Waals surface area contributed by atoms with Crippen LogP contribution < -0.4 is 0 Å². The summed E-state index contributed by atoms with van der Waals surface area (Å²) in [6, 6.07) is 11.9. The number of carbonyl (C=O) groups excluding carboxylic acids is 2. The Morgan fingerprint density at radius 2 is 1.75 bits per heavy atom. The van der Waals surface area contributed by atoms with Crippen molar-refractivity contribution in [2.75, 3.05) is 32.8 Å². The number of aromatic nitrogens is 3. The number of amides is 2. The van der Waals surface area contributed by atoms with Crippen LogP contribution in [0.5, 0.6) is 0 Å². The van der Waals surface area contributed by atoms with Crippen LogP contribution in [0, 0.1) is 13.8 Å². The van der Waals surface area contributed by atoms with Gasteiger partial charge in [-0.25, -0.2) is 9.48 Å². The molecule has 0 unspecified atom stereocenters. The Morgan fingerprint density at radius 1 is 1.03 bits per heavy atom. The minimum Gasteiger partial charge on any atom is -0.450 e. The van der Waals surface area contributed by atoms with Crippen molar-refractivity contribution < 1.29 is 14.3 Å². The van der Waals surface area contributed by atoms with Gasteiger partial charge in [0.1, 0.15) is 11.4 Å². The van der Waals surface area contributed by atoms with E-state index in [1.807, 2.05) is 62.0 Å². The van der Waals surface area contributed by atoms with Crippen molar-refractivity contribution >= 4 is 12.0 Å². The van der Waals surface area contributed by atoms with Crippen molar-refractivity contribution in [2.24, 2.45) is 7.05 Å². The average Bonchev–Trinajstić information content (AvgIpc) is 3.40. The van der Waals surface area contributed by atoms with E-state index in [9.17, 15) is 9.59 Å². The first-order valence-electron chi connectivity index (χ1n) is 10.9. The largest absolute Gasteiger partial charge is 0.450 e. The van der Waals surface area contributed by atoms with Crippen molar-refractivity contribution in [3.63, 3.8) is 0 Å². The zero-order valence-corrected chi connectivity index (χ0v) is 19.0. The first-order chi connectivity index (χ1) is 15.4. The zero-order chi connectivity index (χ0) is 22.8. The lowest BCUT2D eigenvalue weighted by molar-refractivity contribution is 0.0563. The van der Waals surface area contributed by atoms with Crippen LogP contribution in [0.1, 0.15) is 28.5 Å². The van der Waals surface area contributed by atoms with Crippen LogP contribution in [0.3, 0.4) is 0 Å². The molecule has 0 N–H and O–H groups in total. The summed E-state index contributed by atoms with van der Waals surface area (Å²) in [4.78, 5) is 29.0. The molecule has 1 aliphatic rings. The fourth-order valence-electron chi connectivity index (χ4n) is 4.08. The van der Waals surface area contributed by atoms with Crippen molar-refractivity contribution in [2.45, 2.75) is 20.8 Å². The van der Waals surface area contributed by atoms with E-state index in [0.29, 0.717) is 38.5 Å². The Hall–Kier alpha value is -3.55. The SMILES string of the molecule is CCOC(=O)N1CCN(C(=O)c2cc(-c3cccn3C)nn2-c2ccc(C)cc2C)CC1. The molecular formula is C24H29N5O3. The quantitative estimate of drug-likeness (QED) is 0.630. The third-order valence-electron chi connectivity index (χ3n) is 5.81. The van der Waals surface area contributed by atoms with Gasteiger partial charge in [0.2, 0.25) is 0 Å². The monoisotopic (exact) mass is 435 g/mol. The molecule has 4 rings (SSSR count). The number of rotatable bonds is 4. The highest BCUT2D eigenvalue weighted by atomic mass is 16.6. The third kappa shape index (κ3) is 4.12. The van der Waals surface area contributed by atoms with E-state index in [1.54, 1.807) is 21.4 Å². The van der Waals surface area contributed by atoms with E-state index in [2.05, 4.69) is 6.07 Å². The second-order valence-corrected chi connectivity index (χ2v) is 8.10. The molecule has 1 aliphatic heterocycles. The molecule has 2 aromatic heterocycles. The van der Waals surface area contributed by atoms with Crippen LogP contribution in [-0.2, 0) is 11.8 Å². The smallest absolute Gasteiger partial charge is 0.409 e. The number of ether oxygens (including phenoxy) is 1. The summed E-state index contributed by atoms with van der Waals surface area (Å²) in [7, 11) is 1.96. The van der Waals surface area contributed by atoms with Crippen molar-refractivity contribution in [3.05, 3.63) is 59.4 Å². The summed E-state index contributed by atoms with van der Waals surface area (Å²) in [5.74, 6) is -0.0959. The summed E-state index contributed by atoms with van der Waals surface area (Å²) >= 11 is 0. The highest BCUT2D eigenvalue weighted by molar-refractivity contribution is 5.94. The minimum absolute atomic E-state index is 0.0959. The van der Waals surface area contributed by atoms with E-state index in [1.165, 1.54) is 0 Å². The number of carbonyl (C=O) groups is 2. The molecule has 1 saturated heterocycles. The Kier molecular flexibility index (Phi) is 6.03. The molecule has 0 aliphatic carbocycles. The molecular weight excluding hydrogens is 406 g/mol. The molecule has 1 aromatic carbocycles. The average molecular weight is 436 g/mol. The molecule has 0 radical (unpaired) electrons. The number of aryl methyl sites for hydroxylation is 3. The summed E-state index contributed by atoms with van der Waals surface area (Å²) < 4.78 is 8.82. The van der Waals surface area contributed by atoms with Crippen LogP contribution in [0.15, 0.2) is 42.6 Å². The highest BCUT2D eigenvalue weighted by Gasteiger charge is 2.29. The van der Waals surface area contributed by atoms with Gasteiger partial charge in [0.25, 0.3) is 5.91 Å². The molecule has 0 saturated carbocycles. The lowest BCUT2D eigenvalue weighted by atomic mass is 10.1. The number of piperazine rings is 1. The summed E-state index contributed by atoms with van der Waals surface area (Å²) in [5.41, 5.74) is 5.28. The second-order valence-electron chi connectivity index (χ2n) is 8.10. The third-order valence-corrected chi connectivity index (χ3v) is 5.81. The Balaban J connectivity index is 1.67. The predicted molar refractivity (Wildman–Crippen MR) is 122 cm³/mol. The van der Waals surface area contributed by atoms with E-state index in [-0.39, 0.29) is 12.0 Å². The second kappa shape index (κ2) is 8.90. The molecule has 2 amide bonds. The first kappa shape index (κ1) is 21.7. The fourth-order valence-corrected chi connectivity index (χ4v) is 4.08. The van der Waals surface area contributed by atoms with Gasteiger partial charge >= 0.3 is 6.09 Å². The number of hydrogen-bond acceptors (Lipinski definition) is 4.